The molecule has 1 amide bonds. The number of nitrogens with two attached hydrogens (primary N) is 1. The maximum Gasteiger partial charge on any atom is 0.248 e. The van der Waals surface area contributed by atoms with Gasteiger partial charge in [0.05, 0.1) is 46.8 Å². The average molecular weight is 1230 g/mol. The number of phenols is 1. The molecule has 2 atom stereocenters. The summed E-state index contributed by atoms with van der Waals surface area (Å²) in [6, 6.07) is 41.8. The molecule has 3 aliphatic rings. The lowest BCUT2D eigenvalue weighted by molar-refractivity contribution is -0.138. The summed E-state index contributed by atoms with van der Waals surface area (Å²) in [5.41, 5.74) is 15.3. The normalized spacial score (nSPS) is 17.4. The van der Waals surface area contributed by atoms with E-state index in [9.17, 15) is 4.79 Å². The molecule has 426 valence electrons. The predicted octanol–water partition coefficient (Wildman–Crippen LogP) is 13.4. The van der Waals surface area contributed by atoms with Gasteiger partial charge in [-0.3, -0.25) is 14.8 Å². The number of primary amides is 1. The zero-order valence-corrected chi connectivity index (χ0v) is 50.3. The fraction of sp³-hybridized carbons (Fsp3) is 0.338. The number of amides is 1. The summed E-state index contributed by atoms with van der Waals surface area (Å²) < 4.78 is 43.7. The van der Waals surface area contributed by atoms with Gasteiger partial charge in [-0.2, -0.15) is 0 Å². The highest BCUT2D eigenvalue weighted by Gasteiger charge is 2.34. The standard InChI is InChI=1S/C28H30N4O2.C18H21NO3.C13H17BrO3.C6H5BrO/c1-34-27-5-4-22(20-6-12-30-13-7-20)18-23(27)8-14-31-15-10-25(11-16-31)32-17-9-21-2-3-24(28(29)33)19-26(21)32;1-18(2)21-12-16(22-18)11-15-10-14(4-5-17(15)20-3)13-6-8-19-9-7-13;1-13(2)16-8-11(17-13)7-9-6-10(14)4-5-12(9)15-3;7-5-1-3-6(8)4-2-5/h2-7,9,12-13,17-19,25H,8,10-11,14-16H2,1H3,(H2,29,33);4-10,16H,11-12H2,1-3H3;4-6,11H,7-8H2,1-3H3;1-4,8H. The average Bonchev–Trinajstić information content (AvgIpc) is 4.42. The molecule has 3 N–H and O–H groups in total. The molecule has 16 heteroatoms. The highest BCUT2D eigenvalue weighted by Crippen LogP contribution is 2.34. The Kier molecular flexibility index (Phi) is 21.2. The van der Waals surface area contributed by atoms with Crippen molar-refractivity contribution in [1.82, 2.24) is 19.4 Å². The summed E-state index contributed by atoms with van der Waals surface area (Å²) in [5, 5.41) is 9.88. The Labute approximate surface area is 492 Å². The van der Waals surface area contributed by atoms with Gasteiger partial charge in [0.1, 0.15) is 23.0 Å². The van der Waals surface area contributed by atoms with Crippen molar-refractivity contribution in [1.29, 1.82) is 0 Å². The number of phenolic OH excluding ortho intramolecular Hbond substituents is 1. The van der Waals surface area contributed by atoms with Gasteiger partial charge in [0.25, 0.3) is 0 Å². The molecular formula is C65H73Br2N5O9. The second-order valence-corrected chi connectivity index (χ2v) is 22.8. The van der Waals surface area contributed by atoms with E-state index in [1.807, 2.05) is 94.7 Å². The minimum Gasteiger partial charge on any atom is -0.508 e. The number of carbonyl (C=O) groups is 1. The van der Waals surface area contributed by atoms with Crippen molar-refractivity contribution in [2.75, 3.05) is 54.2 Å². The van der Waals surface area contributed by atoms with Crippen LogP contribution in [0.1, 0.15) is 73.6 Å². The molecule has 5 aromatic carbocycles. The maximum atomic E-state index is 11.6. The summed E-state index contributed by atoms with van der Waals surface area (Å²) in [4.78, 5) is 22.4. The Morgan fingerprint density at radius 1 is 0.617 bits per heavy atom. The SMILES string of the molecule is COc1ccc(-c2ccncc2)cc1CC1COC(C)(C)O1.COc1ccc(-c2ccncc2)cc1CCN1CCC(n2ccc3ccc(C(N)=O)cc32)CC1.COc1ccc(Br)cc1CC1COC(C)(C)O1.Oc1ccc(Br)cc1. The number of fused-ring (bicyclic) bond motifs is 1. The number of nitrogens with zero attached hydrogens (tertiary/aromatic N) is 4. The minimum absolute atomic E-state index is 0.0524. The third-order valence-corrected chi connectivity index (χ3v) is 15.4. The van der Waals surface area contributed by atoms with E-state index in [0.717, 1.165) is 117 Å². The molecule has 2 unspecified atom stereocenters. The molecule has 14 nitrogen and oxygen atoms in total. The van der Waals surface area contributed by atoms with E-state index in [2.05, 4.69) is 100.0 Å². The third kappa shape index (κ3) is 17.2. The number of benzene rings is 5. The van der Waals surface area contributed by atoms with E-state index in [0.29, 0.717) is 30.6 Å². The first-order chi connectivity index (χ1) is 39.0. The summed E-state index contributed by atoms with van der Waals surface area (Å²) in [6.45, 7) is 12.1. The second-order valence-electron chi connectivity index (χ2n) is 21.0. The van der Waals surface area contributed by atoms with Crippen molar-refractivity contribution in [3.63, 3.8) is 0 Å². The number of piperidine rings is 1. The third-order valence-electron chi connectivity index (χ3n) is 14.3. The van der Waals surface area contributed by atoms with Crippen molar-refractivity contribution in [2.24, 2.45) is 5.73 Å². The number of rotatable bonds is 14. The Morgan fingerprint density at radius 3 is 1.60 bits per heavy atom. The van der Waals surface area contributed by atoms with Crippen LogP contribution in [0.4, 0.5) is 0 Å². The number of pyridine rings is 2. The fourth-order valence-corrected chi connectivity index (χ4v) is 10.9. The lowest BCUT2D eigenvalue weighted by Gasteiger charge is -2.33. The fourth-order valence-electron chi connectivity index (χ4n) is 10.2. The Balaban J connectivity index is 0.000000157. The lowest BCUT2D eigenvalue weighted by atomic mass is 10.00. The minimum atomic E-state index is -0.499. The van der Waals surface area contributed by atoms with Gasteiger partial charge in [0.2, 0.25) is 5.91 Å². The molecule has 3 aromatic heterocycles. The van der Waals surface area contributed by atoms with Crippen LogP contribution in [0, 0.1) is 0 Å². The van der Waals surface area contributed by atoms with Crippen LogP contribution in [0.3, 0.4) is 0 Å². The Hall–Kier alpha value is -6.63. The number of hydrogen-bond acceptors (Lipinski definition) is 12. The Morgan fingerprint density at radius 2 is 1.11 bits per heavy atom. The molecule has 0 aliphatic carbocycles. The number of methoxy groups -OCH3 is 3. The summed E-state index contributed by atoms with van der Waals surface area (Å²) in [5.74, 6) is 1.66. The molecule has 3 fully saturated rings. The molecule has 3 saturated heterocycles. The van der Waals surface area contributed by atoms with Gasteiger partial charge in [-0.05, 0) is 200 Å². The molecule has 81 heavy (non-hydrogen) atoms. The van der Waals surface area contributed by atoms with E-state index in [-0.39, 0.29) is 18.1 Å². The summed E-state index contributed by atoms with van der Waals surface area (Å²) >= 11 is 6.70. The van der Waals surface area contributed by atoms with Gasteiger partial charge in [-0.15, -0.1) is 0 Å². The molecule has 0 saturated carbocycles. The first-order valence-electron chi connectivity index (χ1n) is 27.2. The zero-order valence-electron chi connectivity index (χ0n) is 47.1. The Bertz CT molecular complexity index is 3280. The number of carbonyl (C=O) groups excluding carboxylic acids is 1. The highest BCUT2D eigenvalue weighted by atomic mass is 79.9. The van der Waals surface area contributed by atoms with E-state index < -0.39 is 11.6 Å². The van der Waals surface area contributed by atoms with Crippen LogP contribution in [0.2, 0.25) is 0 Å². The quantitative estimate of drug-likeness (QED) is 0.106. The van der Waals surface area contributed by atoms with E-state index in [1.54, 1.807) is 64.1 Å². The van der Waals surface area contributed by atoms with E-state index in [1.165, 1.54) is 11.1 Å². The van der Waals surface area contributed by atoms with Crippen LogP contribution in [0.5, 0.6) is 23.0 Å². The van der Waals surface area contributed by atoms with Gasteiger partial charge >= 0.3 is 0 Å². The largest absolute Gasteiger partial charge is 0.508 e. The van der Waals surface area contributed by atoms with E-state index in [4.69, 9.17) is 44.0 Å². The first-order valence-corrected chi connectivity index (χ1v) is 28.7. The molecule has 3 aliphatic heterocycles. The van der Waals surface area contributed by atoms with Crippen LogP contribution in [-0.4, -0.2) is 108 Å². The summed E-state index contributed by atoms with van der Waals surface area (Å²) in [7, 11) is 5.12. The zero-order chi connectivity index (χ0) is 57.5. The van der Waals surface area contributed by atoms with Gasteiger partial charge < -0.3 is 53.5 Å². The van der Waals surface area contributed by atoms with Crippen LogP contribution in [0.15, 0.2) is 167 Å². The second kappa shape index (κ2) is 28.4. The molecule has 8 aromatic rings. The number of hydrogen-bond donors (Lipinski definition) is 2. The van der Waals surface area contributed by atoms with Crippen LogP contribution in [-0.2, 0) is 38.2 Å². The molecule has 0 bridgehead atoms. The monoisotopic (exact) mass is 1230 g/mol. The van der Waals surface area contributed by atoms with Crippen molar-refractivity contribution in [3.8, 4) is 45.3 Å². The van der Waals surface area contributed by atoms with Gasteiger partial charge in [-0.1, -0.05) is 50.1 Å². The van der Waals surface area contributed by atoms with Gasteiger partial charge in [0.15, 0.2) is 11.6 Å². The first kappa shape index (κ1) is 60.5. The highest BCUT2D eigenvalue weighted by molar-refractivity contribution is 9.10. The molecular weight excluding hydrogens is 1150 g/mol. The number of aromatic hydroxyl groups is 1. The molecule has 6 heterocycles. The van der Waals surface area contributed by atoms with E-state index >= 15 is 0 Å². The molecule has 0 spiro atoms. The van der Waals surface area contributed by atoms with Gasteiger partial charge in [-0.25, -0.2) is 0 Å². The number of aromatic nitrogens is 3. The lowest BCUT2D eigenvalue weighted by Crippen LogP contribution is -2.35. The van der Waals surface area contributed by atoms with Crippen LogP contribution in [0.25, 0.3) is 33.2 Å². The number of ether oxygens (including phenoxy) is 7. The summed E-state index contributed by atoms with van der Waals surface area (Å²) in [6.07, 6.45) is 14.2. The maximum absolute atomic E-state index is 11.6. The van der Waals surface area contributed by atoms with Crippen molar-refractivity contribution >= 4 is 48.7 Å². The molecule has 0 radical (unpaired) electrons. The number of halogens is 2. The van der Waals surface area contributed by atoms with Crippen molar-refractivity contribution in [3.05, 3.63) is 190 Å². The number of likely N-dealkylation sites (tertiary alicyclic amines) is 1. The van der Waals surface area contributed by atoms with Crippen LogP contribution >= 0.6 is 31.9 Å². The predicted molar refractivity (Wildman–Crippen MR) is 325 cm³/mol. The van der Waals surface area contributed by atoms with Crippen LogP contribution < -0.4 is 19.9 Å². The smallest absolute Gasteiger partial charge is 0.248 e. The topological polar surface area (TPSA) is 162 Å². The van der Waals surface area contributed by atoms with Crippen molar-refractivity contribution < 1.29 is 43.1 Å². The van der Waals surface area contributed by atoms with Gasteiger partial charge in [0, 0.05) is 89.5 Å². The van der Waals surface area contributed by atoms with Crippen molar-refractivity contribution in [2.45, 2.75) is 89.6 Å². The molecule has 11 rings (SSSR count).